The van der Waals surface area contributed by atoms with Gasteiger partial charge in [-0.15, -0.1) is 11.3 Å². The molecule has 1 fully saturated rings. The second-order valence-electron chi connectivity index (χ2n) is 6.12. The maximum atomic E-state index is 5.66. The van der Waals surface area contributed by atoms with E-state index in [-0.39, 0.29) is 6.10 Å². The lowest BCUT2D eigenvalue weighted by atomic mass is 10.2. The van der Waals surface area contributed by atoms with Crippen molar-refractivity contribution in [2.24, 2.45) is 4.99 Å². The third kappa shape index (κ3) is 6.17. The molecule has 0 aliphatic carbocycles. The average molecular weight is 362 g/mol. The van der Waals surface area contributed by atoms with Gasteiger partial charge in [0.2, 0.25) is 0 Å². The number of guanidine groups is 1. The van der Waals surface area contributed by atoms with E-state index in [1.54, 1.807) is 17.6 Å². The first-order valence-corrected chi connectivity index (χ1v) is 9.69. The standard InChI is InChI=1S/C18H26N4O2S/c1-14-12-21-17(25-14)7-9-20-18(22-13-16-5-3-11-24-16)19-8-6-15-4-2-10-23-15/h2,4,10,12,16H,3,5-9,11,13H2,1H3,(H2,19,20,22). The van der Waals surface area contributed by atoms with E-state index in [0.717, 1.165) is 62.1 Å². The van der Waals surface area contributed by atoms with Gasteiger partial charge in [-0.25, -0.2) is 4.98 Å². The van der Waals surface area contributed by atoms with Crippen molar-refractivity contribution in [3.05, 3.63) is 40.2 Å². The first-order chi connectivity index (χ1) is 12.3. The predicted octanol–water partition coefficient (Wildman–Crippen LogP) is 2.54. The molecular weight excluding hydrogens is 336 g/mol. The number of hydrogen-bond acceptors (Lipinski definition) is 5. The molecule has 3 rings (SSSR count). The lowest BCUT2D eigenvalue weighted by Crippen LogP contribution is -2.40. The summed E-state index contributed by atoms with van der Waals surface area (Å²) in [5, 5.41) is 7.93. The van der Waals surface area contributed by atoms with Gasteiger partial charge in [-0.1, -0.05) is 0 Å². The third-order valence-electron chi connectivity index (χ3n) is 4.02. The van der Waals surface area contributed by atoms with Gasteiger partial charge in [0.05, 0.1) is 23.9 Å². The van der Waals surface area contributed by atoms with Gasteiger partial charge in [0.1, 0.15) is 5.76 Å². The zero-order chi connectivity index (χ0) is 17.3. The van der Waals surface area contributed by atoms with Crippen LogP contribution in [0.15, 0.2) is 34.0 Å². The second-order valence-corrected chi connectivity index (χ2v) is 7.44. The Labute approximate surface area is 152 Å². The molecule has 6 nitrogen and oxygen atoms in total. The highest BCUT2D eigenvalue weighted by Gasteiger charge is 2.15. The molecule has 2 aromatic rings. The lowest BCUT2D eigenvalue weighted by molar-refractivity contribution is 0.117. The minimum absolute atomic E-state index is 0.255. The Morgan fingerprint density at radius 1 is 1.36 bits per heavy atom. The highest BCUT2D eigenvalue weighted by molar-refractivity contribution is 7.11. The molecule has 0 radical (unpaired) electrons. The normalized spacial score (nSPS) is 17.8. The largest absolute Gasteiger partial charge is 0.469 e. The molecule has 1 unspecified atom stereocenters. The monoisotopic (exact) mass is 362 g/mol. The number of aromatic nitrogens is 1. The van der Waals surface area contributed by atoms with Crippen LogP contribution in [0.25, 0.3) is 0 Å². The molecule has 2 N–H and O–H groups in total. The summed E-state index contributed by atoms with van der Waals surface area (Å²) >= 11 is 1.75. The topological polar surface area (TPSA) is 71.7 Å². The van der Waals surface area contributed by atoms with E-state index in [9.17, 15) is 0 Å². The van der Waals surface area contributed by atoms with Crippen LogP contribution in [-0.4, -0.2) is 43.3 Å². The van der Waals surface area contributed by atoms with Crippen LogP contribution in [0.4, 0.5) is 0 Å². The van der Waals surface area contributed by atoms with Crippen molar-refractivity contribution in [3.8, 4) is 0 Å². The summed E-state index contributed by atoms with van der Waals surface area (Å²) in [4.78, 5) is 10.3. The van der Waals surface area contributed by atoms with Crippen molar-refractivity contribution in [1.82, 2.24) is 15.6 Å². The van der Waals surface area contributed by atoms with Crippen LogP contribution in [0.1, 0.15) is 28.5 Å². The number of aryl methyl sites for hydroxylation is 1. The van der Waals surface area contributed by atoms with E-state index in [0.29, 0.717) is 6.54 Å². The number of nitrogens with one attached hydrogen (secondary N) is 2. The number of thiazole rings is 1. The second kappa shape index (κ2) is 9.58. The minimum atomic E-state index is 0.255. The van der Waals surface area contributed by atoms with Gasteiger partial charge in [-0.2, -0.15) is 0 Å². The Morgan fingerprint density at radius 3 is 2.92 bits per heavy atom. The van der Waals surface area contributed by atoms with Crippen LogP contribution >= 0.6 is 11.3 Å². The molecule has 3 heterocycles. The smallest absolute Gasteiger partial charge is 0.191 e. The Bertz CT molecular complexity index is 648. The van der Waals surface area contributed by atoms with Gasteiger partial charge in [-0.3, -0.25) is 4.99 Å². The van der Waals surface area contributed by atoms with Crippen molar-refractivity contribution in [1.29, 1.82) is 0 Å². The van der Waals surface area contributed by atoms with E-state index in [2.05, 4.69) is 27.5 Å². The number of nitrogens with zero attached hydrogens (tertiary/aromatic N) is 2. The average Bonchev–Trinajstić information content (AvgIpc) is 3.35. The summed E-state index contributed by atoms with van der Waals surface area (Å²) in [6, 6.07) is 3.90. The van der Waals surface area contributed by atoms with Gasteiger partial charge in [0.15, 0.2) is 5.96 Å². The van der Waals surface area contributed by atoms with Crippen molar-refractivity contribution in [3.63, 3.8) is 0 Å². The fourth-order valence-corrected chi connectivity index (χ4v) is 3.51. The van der Waals surface area contributed by atoms with Crippen molar-refractivity contribution < 1.29 is 9.15 Å². The van der Waals surface area contributed by atoms with Crippen molar-refractivity contribution in [2.75, 3.05) is 26.2 Å². The quantitative estimate of drug-likeness (QED) is 0.558. The van der Waals surface area contributed by atoms with Crippen molar-refractivity contribution in [2.45, 2.75) is 38.7 Å². The molecule has 1 atom stereocenters. The molecule has 2 aromatic heterocycles. The van der Waals surface area contributed by atoms with E-state index < -0.39 is 0 Å². The summed E-state index contributed by atoms with van der Waals surface area (Å²) < 4.78 is 11.0. The van der Waals surface area contributed by atoms with Gasteiger partial charge < -0.3 is 19.8 Å². The Balaban J connectivity index is 1.46. The lowest BCUT2D eigenvalue weighted by Gasteiger charge is -2.13. The number of rotatable bonds is 8. The van der Waals surface area contributed by atoms with E-state index in [1.807, 2.05) is 18.3 Å². The molecular formula is C18H26N4O2S. The molecule has 1 saturated heterocycles. The number of furan rings is 1. The number of ether oxygens (including phenoxy) is 1. The van der Waals surface area contributed by atoms with E-state index in [1.165, 1.54) is 4.88 Å². The molecule has 0 saturated carbocycles. The predicted molar refractivity (Wildman–Crippen MR) is 100 cm³/mol. The molecule has 7 heteroatoms. The summed E-state index contributed by atoms with van der Waals surface area (Å²) in [5.74, 6) is 1.81. The Morgan fingerprint density at radius 2 is 2.24 bits per heavy atom. The molecule has 0 spiro atoms. The van der Waals surface area contributed by atoms with Crippen LogP contribution in [0.5, 0.6) is 0 Å². The Kier molecular flexibility index (Phi) is 6.88. The summed E-state index contributed by atoms with van der Waals surface area (Å²) in [6.07, 6.45) is 7.85. The van der Waals surface area contributed by atoms with Crippen LogP contribution in [0.3, 0.4) is 0 Å². The minimum Gasteiger partial charge on any atom is -0.469 e. The number of hydrogen-bond donors (Lipinski definition) is 2. The molecule has 1 aliphatic rings. The molecule has 0 bridgehead atoms. The highest BCUT2D eigenvalue weighted by Crippen LogP contribution is 2.12. The first kappa shape index (κ1) is 17.9. The van der Waals surface area contributed by atoms with Crippen LogP contribution < -0.4 is 10.6 Å². The summed E-state index contributed by atoms with van der Waals surface area (Å²) in [6.45, 7) is 5.23. The van der Waals surface area contributed by atoms with Gasteiger partial charge in [0, 0.05) is 43.6 Å². The molecule has 0 aromatic carbocycles. The fraction of sp³-hybridized carbons (Fsp3) is 0.556. The maximum absolute atomic E-state index is 5.66. The summed E-state index contributed by atoms with van der Waals surface area (Å²) in [5.41, 5.74) is 0. The van der Waals surface area contributed by atoms with E-state index in [4.69, 9.17) is 9.15 Å². The molecule has 1 aliphatic heterocycles. The van der Waals surface area contributed by atoms with Gasteiger partial charge in [-0.05, 0) is 31.9 Å². The van der Waals surface area contributed by atoms with Crippen molar-refractivity contribution >= 4 is 17.3 Å². The van der Waals surface area contributed by atoms with Gasteiger partial charge in [0.25, 0.3) is 0 Å². The van der Waals surface area contributed by atoms with Crippen LogP contribution in [-0.2, 0) is 17.6 Å². The highest BCUT2D eigenvalue weighted by atomic mass is 32.1. The zero-order valence-corrected chi connectivity index (χ0v) is 15.5. The third-order valence-corrected chi connectivity index (χ3v) is 4.99. The maximum Gasteiger partial charge on any atom is 0.191 e. The summed E-state index contributed by atoms with van der Waals surface area (Å²) in [7, 11) is 0. The SMILES string of the molecule is Cc1cnc(CCNC(=NCC2CCCO2)NCCc2ccco2)s1. The van der Waals surface area contributed by atoms with Crippen LogP contribution in [0.2, 0.25) is 0 Å². The first-order valence-electron chi connectivity index (χ1n) is 8.87. The van der Waals surface area contributed by atoms with Gasteiger partial charge >= 0.3 is 0 Å². The molecule has 0 amide bonds. The van der Waals surface area contributed by atoms with Crippen LogP contribution in [0, 0.1) is 6.92 Å². The van der Waals surface area contributed by atoms with E-state index >= 15 is 0 Å². The number of aliphatic imine (C=N–C) groups is 1. The fourth-order valence-electron chi connectivity index (χ4n) is 2.72. The zero-order valence-electron chi connectivity index (χ0n) is 14.7. The molecule has 136 valence electrons. The Hall–Kier alpha value is -1.86. The molecule has 25 heavy (non-hydrogen) atoms.